The van der Waals surface area contributed by atoms with Gasteiger partial charge in [-0.3, -0.25) is 0 Å². The second kappa shape index (κ2) is 6.34. The molecule has 2 atom stereocenters. The molecule has 1 amide bonds. The molecule has 0 aliphatic carbocycles. The van der Waals surface area contributed by atoms with E-state index < -0.39 is 30.8 Å². The van der Waals surface area contributed by atoms with Crippen LogP contribution in [-0.2, 0) is 11.3 Å². The number of rotatable bonds is 2. The van der Waals surface area contributed by atoms with E-state index in [1.807, 2.05) is 0 Å². The highest BCUT2D eigenvalue weighted by Gasteiger charge is 2.45. The molecular weight excluding hydrogens is 287 g/mol. The van der Waals surface area contributed by atoms with Gasteiger partial charge in [0.2, 0.25) is 0 Å². The van der Waals surface area contributed by atoms with Crippen LogP contribution in [0.25, 0.3) is 0 Å². The van der Waals surface area contributed by atoms with Crippen LogP contribution < -0.4 is 0 Å². The van der Waals surface area contributed by atoms with E-state index in [9.17, 15) is 23.1 Å². The molecule has 0 unspecified atom stereocenters. The second-order valence-corrected chi connectivity index (χ2v) is 5.07. The molecule has 1 aromatic rings. The number of likely N-dealkylation sites (tertiary alicyclic amines) is 1. The fraction of sp³-hybridized carbons (Fsp3) is 0.500. The predicted octanol–water partition coefficient (Wildman–Crippen LogP) is 2.57. The molecule has 116 valence electrons. The molecule has 4 nitrogen and oxygen atoms in total. The fourth-order valence-electron chi connectivity index (χ4n) is 2.27. The first-order valence-electron chi connectivity index (χ1n) is 6.56. The first kappa shape index (κ1) is 15.6. The van der Waals surface area contributed by atoms with Gasteiger partial charge in [0.25, 0.3) is 0 Å². The SMILES string of the molecule is O=C(OCc1ccccc1)N1C[C@@H](O)C[C@@H](C(F)(F)F)C1. The van der Waals surface area contributed by atoms with Gasteiger partial charge in [0.1, 0.15) is 6.61 Å². The minimum absolute atomic E-state index is 0.0110. The zero-order valence-electron chi connectivity index (χ0n) is 11.2. The molecule has 0 saturated carbocycles. The van der Waals surface area contributed by atoms with Gasteiger partial charge in [0.15, 0.2) is 0 Å². The van der Waals surface area contributed by atoms with E-state index in [1.54, 1.807) is 30.3 Å². The third kappa shape index (κ3) is 4.35. The third-order valence-electron chi connectivity index (χ3n) is 3.35. The summed E-state index contributed by atoms with van der Waals surface area (Å²) >= 11 is 0. The monoisotopic (exact) mass is 303 g/mol. The summed E-state index contributed by atoms with van der Waals surface area (Å²) in [7, 11) is 0. The molecule has 21 heavy (non-hydrogen) atoms. The van der Waals surface area contributed by atoms with Crippen molar-refractivity contribution >= 4 is 6.09 Å². The van der Waals surface area contributed by atoms with Crippen LogP contribution in [0.5, 0.6) is 0 Å². The molecule has 1 aliphatic rings. The van der Waals surface area contributed by atoms with Crippen molar-refractivity contribution in [1.82, 2.24) is 4.90 Å². The average Bonchev–Trinajstić information content (AvgIpc) is 2.44. The molecular formula is C14H16F3NO3. The van der Waals surface area contributed by atoms with Crippen molar-refractivity contribution in [2.45, 2.75) is 25.3 Å². The molecule has 1 heterocycles. The van der Waals surface area contributed by atoms with Gasteiger partial charge < -0.3 is 14.7 Å². The van der Waals surface area contributed by atoms with E-state index >= 15 is 0 Å². The van der Waals surface area contributed by atoms with Crippen LogP contribution in [0, 0.1) is 5.92 Å². The lowest BCUT2D eigenvalue weighted by Crippen LogP contribution is -2.50. The van der Waals surface area contributed by atoms with Crippen molar-refractivity contribution in [2.75, 3.05) is 13.1 Å². The van der Waals surface area contributed by atoms with E-state index in [-0.39, 0.29) is 19.6 Å². The van der Waals surface area contributed by atoms with Gasteiger partial charge in [-0.25, -0.2) is 4.79 Å². The minimum Gasteiger partial charge on any atom is -0.445 e. The molecule has 2 rings (SSSR count). The van der Waals surface area contributed by atoms with Crippen LogP contribution in [0.15, 0.2) is 30.3 Å². The summed E-state index contributed by atoms with van der Waals surface area (Å²) in [6, 6.07) is 8.84. The number of carbonyl (C=O) groups is 1. The number of aliphatic hydroxyl groups excluding tert-OH is 1. The number of benzene rings is 1. The quantitative estimate of drug-likeness (QED) is 0.913. The van der Waals surface area contributed by atoms with Crippen molar-refractivity contribution in [3.05, 3.63) is 35.9 Å². The number of β-amino-alcohol motifs (C(OH)–C–C–N with tert-alkyl or cyclic N) is 1. The van der Waals surface area contributed by atoms with Crippen LogP contribution in [0.1, 0.15) is 12.0 Å². The van der Waals surface area contributed by atoms with Crippen molar-refractivity contribution < 1.29 is 27.8 Å². The Morgan fingerprint density at radius 3 is 2.57 bits per heavy atom. The van der Waals surface area contributed by atoms with E-state index in [1.165, 1.54) is 0 Å². The van der Waals surface area contributed by atoms with Gasteiger partial charge >= 0.3 is 12.3 Å². The molecule has 7 heteroatoms. The average molecular weight is 303 g/mol. The Morgan fingerprint density at radius 2 is 1.95 bits per heavy atom. The maximum atomic E-state index is 12.7. The summed E-state index contributed by atoms with van der Waals surface area (Å²) in [5.41, 5.74) is 0.746. The van der Waals surface area contributed by atoms with Crippen LogP contribution in [0.3, 0.4) is 0 Å². The number of alkyl halides is 3. The molecule has 1 aliphatic heterocycles. The highest BCUT2D eigenvalue weighted by molar-refractivity contribution is 5.67. The molecule has 0 bridgehead atoms. The van der Waals surface area contributed by atoms with Gasteiger partial charge in [-0.2, -0.15) is 13.2 Å². The Balaban J connectivity index is 1.92. The van der Waals surface area contributed by atoms with Crippen molar-refractivity contribution in [2.24, 2.45) is 5.92 Å². The number of carbonyl (C=O) groups excluding carboxylic acids is 1. The summed E-state index contributed by atoms with van der Waals surface area (Å²) in [5, 5.41) is 9.50. The van der Waals surface area contributed by atoms with Crippen LogP contribution in [-0.4, -0.2) is 41.5 Å². The largest absolute Gasteiger partial charge is 0.445 e. The fourth-order valence-corrected chi connectivity index (χ4v) is 2.27. The number of piperidine rings is 1. The Kier molecular flexibility index (Phi) is 4.72. The van der Waals surface area contributed by atoms with E-state index in [0.29, 0.717) is 0 Å². The Labute approximate surface area is 120 Å². The van der Waals surface area contributed by atoms with Crippen LogP contribution in [0.2, 0.25) is 0 Å². The summed E-state index contributed by atoms with van der Waals surface area (Å²) in [6.45, 7) is -0.628. The van der Waals surface area contributed by atoms with Crippen molar-refractivity contribution in [1.29, 1.82) is 0 Å². The molecule has 1 saturated heterocycles. The maximum absolute atomic E-state index is 12.7. The van der Waals surface area contributed by atoms with E-state index in [2.05, 4.69) is 0 Å². The lowest BCUT2D eigenvalue weighted by atomic mass is 9.96. The summed E-state index contributed by atoms with van der Waals surface area (Å²) in [5.74, 6) is -1.72. The lowest BCUT2D eigenvalue weighted by molar-refractivity contribution is -0.194. The summed E-state index contributed by atoms with van der Waals surface area (Å²) < 4.78 is 43.1. The molecule has 0 aromatic heterocycles. The zero-order valence-corrected chi connectivity index (χ0v) is 11.2. The lowest BCUT2D eigenvalue weighted by Gasteiger charge is -2.35. The van der Waals surface area contributed by atoms with Crippen LogP contribution in [0.4, 0.5) is 18.0 Å². The Morgan fingerprint density at radius 1 is 1.29 bits per heavy atom. The number of ether oxygens (including phenoxy) is 1. The predicted molar refractivity (Wildman–Crippen MR) is 68.4 cm³/mol. The van der Waals surface area contributed by atoms with E-state index in [0.717, 1.165) is 10.5 Å². The number of hydrogen-bond donors (Lipinski definition) is 1. The molecule has 1 fully saturated rings. The number of aliphatic hydroxyl groups is 1. The van der Waals surface area contributed by atoms with E-state index in [4.69, 9.17) is 4.74 Å². The summed E-state index contributed by atoms with van der Waals surface area (Å²) in [6.07, 6.45) is -6.84. The molecule has 0 spiro atoms. The molecule has 1 N–H and O–H groups in total. The summed E-state index contributed by atoms with van der Waals surface area (Å²) in [4.78, 5) is 12.7. The highest BCUT2D eigenvalue weighted by atomic mass is 19.4. The maximum Gasteiger partial charge on any atom is 0.410 e. The zero-order chi connectivity index (χ0) is 15.5. The first-order chi connectivity index (χ1) is 9.86. The van der Waals surface area contributed by atoms with Gasteiger partial charge in [-0.05, 0) is 12.0 Å². The molecule has 0 radical (unpaired) electrons. The van der Waals surface area contributed by atoms with Gasteiger partial charge in [-0.1, -0.05) is 30.3 Å². The Hall–Kier alpha value is -1.76. The molecule has 1 aromatic carbocycles. The number of nitrogens with zero attached hydrogens (tertiary/aromatic N) is 1. The van der Waals surface area contributed by atoms with Gasteiger partial charge in [-0.15, -0.1) is 0 Å². The first-order valence-corrected chi connectivity index (χ1v) is 6.56. The number of amides is 1. The number of hydrogen-bond acceptors (Lipinski definition) is 3. The smallest absolute Gasteiger partial charge is 0.410 e. The third-order valence-corrected chi connectivity index (χ3v) is 3.35. The highest BCUT2D eigenvalue weighted by Crippen LogP contribution is 2.33. The second-order valence-electron chi connectivity index (χ2n) is 5.07. The standard InChI is InChI=1S/C14H16F3NO3/c15-14(16,17)11-6-12(19)8-18(7-11)13(20)21-9-10-4-2-1-3-5-10/h1-5,11-12,19H,6-9H2/t11-,12+/m1/s1. The van der Waals surface area contributed by atoms with Crippen molar-refractivity contribution in [3.8, 4) is 0 Å². The number of halogens is 3. The van der Waals surface area contributed by atoms with Crippen LogP contribution >= 0.6 is 0 Å². The van der Waals surface area contributed by atoms with Gasteiger partial charge in [0.05, 0.1) is 12.0 Å². The minimum atomic E-state index is -4.43. The Bertz CT molecular complexity index is 478. The topological polar surface area (TPSA) is 49.8 Å². The van der Waals surface area contributed by atoms with Crippen molar-refractivity contribution in [3.63, 3.8) is 0 Å². The normalized spacial score (nSPS) is 23.0. The van der Waals surface area contributed by atoms with Gasteiger partial charge in [0, 0.05) is 13.1 Å².